The van der Waals surface area contributed by atoms with Gasteiger partial charge in [-0.25, -0.2) is 0 Å². The zero-order chi connectivity index (χ0) is 17.9. The van der Waals surface area contributed by atoms with Crippen LogP contribution < -0.4 is 0 Å². The van der Waals surface area contributed by atoms with Gasteiger partial charge in [0.25, 0.3) is 0 Å². The number of hydrogen-bond donors (Lipinski definition) is 2. The Labute approximate surface area is 146 Å². The molecule has 0 heterocycles. The molecule has 1 aromatic rings. The number of allylic oxidation sites excluding steroid dienone is 3. The predicted octanol–water partition coefficient (Wildman–Crippen LogP) is 6.09. The van der Waals surface area contributed by atoms with Crippen molar-refractivity contribution >= 4 is 0 Å². The fourth-order valence-electron chi connectivity index (χ4n) is 3.79. The van der Waals surface area contributed by atoms with E-state index in [9.17, 15) is 10.2 Å². The number of aryl methyl sites for hydroxylation is 1. The van der Waals surface area contributed by atoms with Gasteiger partial charge in [0.15, 0.2) is 0 Å². The zero-order valence-electron chi connectivity index (χ0n) is 15.6. The summed E-state index contributed by atoms with van der Waals surface area (Å²) < 4.78 is 0. The molecule has 0 fully saturated rings. The minimum absolute atomic E-state index is 0.0148. The van der Waals surface area contributed by atoms with Crippen molar-refractivity contribution in [1.82, 2.24) is 0 Å². The molecule has 0 saturated heterocycles. The predicted molar refractivity (Wildman–Crippen MR) is 102 cm³/mol. The number of phenolic OH excluding ortho intramolecular Hbond substituents is 2. The molecule has 1 aromatic carbocycles. The summed E-state index contributed by atoms with van der Waals surface area (Å²) in [6, 6.07) is 3.67. The lowest BCUT2D eigenvalue weighted by molar-refractivity contribution is 0.406. The molecule has 1 aliphatic rings. The molecule has 2 nitrogen and oxygen atoms in total. The van der Waals surface area contributed by atoms with Crippen molar-refractivity contribution in [2.75, 3.05) is 0 Å². The summed E-state index contributed by atoms with van der Waals surface area (Å²) in [5.74, 6) is 1.41. The third-order valence-electron chi connectivity index (χ3n) is 5.16. The van der Waals surface area contributed by atoms with Gasteiger partial charge in [-0.1, -0.05) is 44.1 Å². The normalized spacial score (nSPS) is 21.0. The second kappa shape index (κ2) is 7.92. The summed E-state index contributed by atoms with van der Waals surface area (Å²) in [5.41, 5.74) is 4.10. The smallest absolute Gasteiger partial charge is 0.123 e. The third-order valence-corrected chi connectivity index (χ3v) is 5.16. The molecule has 0 bridgehead atoms. The Kier molecular flexibility index (Phi) is 6.15. The second-order valence-corrected chi connectivity index (χ2v) is 7.86. The fourth-order valence-corrected chi connectivity index (χ4v) is 3.79. The molecule has 0 aliphatic heterocycles. The Hall–Kier alpha value is -1.70. The molecule has 0 aromatic heterocycles. The van der Waals surface area contributed by atoms with Gasteiger partial charge in [0, 0.05) is 11.5 Å². The SMILES string of the molecule is C=C(C)[C@@H]1CCC(C)=C[C@H]1c1c(O)cc(CCCC(C)C)cc1O. The highest BCUT2D eigenvalue weighted by molar-refractivity contribution is 5.51. The van der Waals surface area contributed by atoms with Gasteiger partial charge in [0.1, 0.15) is 11.5 Å². The molecule has 0 unspecified atom stereocenters. The van der Waals surface area contributed by atoms with Crippen LogP contribution >= 0.6 is 0 Å². The van der Waals surface area contributed by atoms with Crippen molar-refractivity contribution in [2.45, 2.75) is 65.7 Å². The van der Waals surface area contributed by atoms with E-state index in [1.54, 1.807) is 0 Å². The average Bonchev–Trinajstić information content (AvgIpc) is 2.45. The van der Waals surface area contributed by atoms with Crippen LogP contribution in [0.25, 0.3) is 0 Å². The quantitative estimate of drug-likeness (QED) is 0.620. The van der Waals surface area contributed by atoms with Gasteiger partial charge in [0.2, 0.25) is 0 Å². The third kappa shape index (κ3) is 4.43. The first-order valence-electron chi connectivity index (χ1n) is 9.17. The molecular weight excluding hydrogens is 296 g/mol. The lowest BCUT2D eigenvalue weighted by Gasteiger charge is -2.31. The first kappa shape index (κ1) is 18.6. The van der Waals surface area contributed by atoms with Crippen molar-refractivity contribution < 1.29 is 10.2 Å². The zero-order valence-corrected chi connectivity index (χ0v) is 15.6. The van der Waals surface area contributed by atoms with Gasteiger partial charge >= 0.3 is 0 Å². The molecule has 0 radical (unpaired) electrons. The van der Waals surface area contributed by atoms with Crippen molar-refractivity contribution in [1.29, 1.82) is 0 Å². The van der Waals surface area contributed by atoms with Crippen molar-refractivity contribution in [3.05, 3.63) is 47.1 Å². The summed E-state index contributed by atoms with van der Waals surface area (Å²) in [6.07, 6.45) is 7.40. The van der Waals surface area contributed by atoms with Crippen LogP contribution in [-0.2, 0) is 6.42 Å². The van der Waals surface area contributed by atoms with E-state index in [2.05, 4.69) is 33.4 Å². The van der Waals surface area contributed by atoms with Gasteiger partial charge < -0.3 is 10.2 Å². The first-order valence-corrected chi connectivity index (χ1v) is 9.17. The van der Waals surface area contributed by atoms with Crippen LogP contribution in [0.15, 0.2) is 35.9 Å². The van der Waals surface area contributed by atoms with Gasteiger partial charge in [0.05, 0.1) is 0 Å². The molecule has 132 valence electrons. The standard InChI is InChI=1S/C22H32O2/c1-14(2)7-6-8-17-12-20(23)22(21(24)13-17)19-11-16(5)9-10-18(19)15(3)4/h11-14,18-19,23-24H,3,6-10H2,1-2,4-5H3/t18-,19+/m0/s1. The summed E-state index contributed by atoms with van der Waals surface area (Å²) in [5, 5.41) is 21.2. The van der Waals surface area contributed by atoms with Crippen LogP contribution in [0.3, 0.4) is 0 Å². The van der Waals surface area contributed by atoms with E-state index in [1.807, 2.05) is 19.1 Å². The summed E-state index contributed by atoms with van der Waals surface area (Å²) in [4.78, 5) is 0. The highest BCUT2D eigenvalue weighted by Crippen LogP contribution is 2.46. The highest BCUT2D eigenvalue weighted by Gasteiger charge is 2.30. The molecule has 24 heavy (non-hydrogen) atoms. The topological polar surface area (TPSA) is 40.5 Å². The molecule has 2 heteroatoms. The van der Waals surface area contributed by atoms with E-state index < -0.39 is 0 Å². The summed E-state index contributed by atoms with van der Waals surface area (Å²) in [6.45, 7) is 12.7. The van der Waals surface area contributed by atoms with E-state index in [0.717, 1.165) is 43.2 Å². The van der Waals surface area contributed by atoms with Crippen molar-refractivity contribution in [3.8, 4) is 11.5 Å². The Morgan fingerprint density at radius 3 is 2.42 bits per heavy atom. The first-order chi connectivity index (χ1) is 11.3. The van der Waals surface area contributed by atoms with Crippen LogP contribution in [0.5, 0.6) is 11.5 Å². The minimum atomic E-state index is 0.0148. The highest BCUT2D eigenvalue weighted by atomic mass is 16.3. The molecule has 2 atom stereocenters. The number of benzene rings is 1. The van der Waals surface area contributed by atoms with Crippen LogP contribution in [0, 0.1) is 11.8 Å². The molecule has 1 aliphatic carbocycles. The number of hydrogen-bond acceptors (Lipinski definition) is 2. The van der Waals surface area contributed by atoms with Gasteiger partial charge in [-0.2, -0.15) is 0 Å². The Morgan fingerprint density at radius 2 is 1.88 bits per heavy atom. The minimum Gasteiger partial charge on any atom is -0.507 e. The number of phenols is 2. The molecule has 0 saturated carbocycles. The molecule has 2 rings (SSSR count). The summed E-state index contributed by atoms with van der Waals surface area (Å²) in [7, 11) is 0. The molecule has 0 amide bonds. The Bertz CT molecular complexity index is 602. The maximum Gasteiger partial charge on any atom is 0.123 e. The van der Waals surface area contributed by atoms with E-state index in [4.69, 9.17) is 0 Å². The van der Waals surface area contributed by atoms with Gasteiger partial charge in [-0.15, -0.1) is 0 Å². The largest absolute Gasteiger partial charge is 0.507 e. The number of rotatable bonds is 6. The Morgan fingerprint density at radius 1 is 1.25 bits per heavy atom. The van der Waals surface area contributed by atoms with Crippen LogP contribution in [0.1, 0.15) is 70.4 Å². The van der Waals surface area contributed by atoms with E-state index in [-0.39, 0.29) is 23.3 Å². The van der Waals surface area contributed by atoms with E-state index in [0.29, 0.717) is 11.5 Å². The average molecular weight is 328 g/mol. The van der Waals surface area contributed by atoms with Gasteiger partial charge in [-0.3, -0.25) is 0 Å². The lowest BCUT2D eigenvalue weighted by Crippen LogP contribution is -2.17. The molecular formula is C22H32O2. The second-order valence-electron chi connectivity index (χ2n) is 7.86. The number of aromatic hydroxyl groups is 2. The maximum absolute atomic E-state index is 10.6. The van der Waals surface area contributed by atoms with Crippen LogP contribution in [0.2, 0.25) is 0 Å². The maximum atomic E-state index is 10.6. The van der Waals surface area contributed by atoms with E-state index in [1.165, 1.54) is 5.57 Å². The van der Waals surface area contributed by atoms with Gasteiger partial charge in [-0.05, 0) is 69.1 Å². The Balaban J connectivity index is 2.29. The van der Waals surface area contributed by atoms with Crippen LogP contribution in [-0.4, -0.2) is 10.2 Å². The van der Waals surface area contributed by atoms with Crippen molar-refractivity contribution in [2.24, 2.45) is 11.8 Å². The van der Waals surface area contributed by atoms with Crippen LogP contribution in [0.4, 0.5) is 0 Å². The molecule has 0 spiro atoms. The monoisotopic (exact) mass is 328 g/mol. The fraction of sp³-hybridized carbons (Fsp3) is 0.545. The lowest BCUT2D eigenvalue weighted by atomic mass is 9.73. The summed E-state index contributed by atoms with van der Waals surface area (Å²) >= 11 is 0. The van der Waals surface area contributed by atoms with Crippen molar-refractivity contribution in [3.63, 3.8) is 0 Å². The van der Waals surface area contributed by atoms with E-state index >= 15 is 0 Å². The molecule has 2 N–H and O–H groups in total.